The minimum absolute atomic E-state index is 0.0943. The Kier molecular flexibility index (Phi) is 7.41. The van der Waals surface area contributed by atoms with Gasteiger partial charge in [-0.2, -0.15) is 8.42 Å². The Morgan fingerprint density at radius 2 is 1.80 bits per heavy atom. The third kappa shape index (κ3) is 6.49. The molecule has 0 radical (unpaired) electrons. The van der Waals surface area contributed by atoms with Crippen molar-refractivity contribution in [2.24, 2.45) is 0 Å². The van der Waals surface area contributed by atoms with Crippen LogP contribution in [-0.2, 0) is 19.3 Å². The maximum Gasteiger partial charge on any atom is 0.294 e. The Morgan fingerprint density at radius 1 is 1.20 bits per heavy atom. The van der Waals surface area contributed by atoms with E-state index in [2.05, 4.69) is 33.9 Å². The van der Waals surface area contributed by atoms with Crippen molar-refractivity contribution >= 4 is 18.4 Å². The number of ether oxygens (including phenoxy) is 1. The minimum Gasteiger partial charge on any atom is -0.417 e. The Labute approximate surface area is 153 Å². The monoisotopic (exact) mass is 388 g/mol. The lowest BCUT2D eigenvalue weighted by Gasteiger charge is -2.36. The fraction of sp³-hybridized carbons (Fsp3) is 0.667. The summed E-state index contributed by atoms with van der Waals surface area (Å²) in [4.78, 5) is -0.0943. The van der Waals surface area contributed by atoms with Crippen molar-refractivity contribution in [3.05, 3.63) is 29.3 Å². The average Bonchev–Trinajstić information content (AvgIpc) is 2.43. The largest absolute Gasteiger partial charge is 0.417 e. The highest BCUT2D eigenvalue weighted by atomic mass is 32.2. The second-order valence-corrected chi connectivity index (χ2v) is 14.2. The zero-order chi connectivity index (χ0) is 19.5. The van der Waals surface area contributed by atoms with Crippen LogP contribution in [0.3, 0.4) is 0 Å². The van der Waals surface area contributed by atoms with Gasteiger partial charge in [0.2, 0.25) is 0 Å². The van der Waals surface area contributed by atoms with E-state index in [0.717, 1.165) is 12.0 Å². The second kappa shape index (κ2) is 8.31. The second-order valence-electron chi connectivity index (χ2n) is 7.99. The molecule has 0 bridgehead atoms. The molecule has 0 aliphatic rings. The van der Waals surface area contributed by atoms with E-state index < -0.39 is 24.5 Å². The number of hydrogen-bond acceptors (Lipinski definition) is 4. The van der Waals surface area contributed by atoms with E-state index in [9.17, 15) is 13.0 Å². The molecule has 0 aliphatic carbocycles. The lowest BCUT2D eigenvalue weighted by molar-refractivity contribution is 0.0543. The van der Waals surface area contributed by atoms with E-state index in [1.54, 1.807) is 19.1 Å². The topological polar surface area (TPSA) is 72.8 Å². The highest BCUT2D eigenvalue weighted by Crippen LogP contribution is 2.36. The maximum absolute atomic E-state index is 11.5. The van der Waals surface area contributed by atoms with Crippen LogP contribution in [-0.4, -0.2) is 34.5 Å². The molecule has 7 heteroatoms. The van der Waals surface area contributed by atoms with Crippen molar-refractivity contribution < 1.29 is 22.1 Å². The minimum atomic E-state index is -4.27. The normalized spacial score (nSPS) is 14.6. The van der Waals surface area contributed by atoms with Gasteiger partial charge in [0.1, 0.15) is 0 Å². The lowest BCUT2D eigenvalue weighted by Crippen LogP contribution is -2.41. The van der Waals surface area contributed by atoms with Gasteiger partial charge in [0, 0.05) is 18.8 Å². The zero-order valence-electron chi connectivity index (χ0n) is 16.4. The Morgan fingerprint density at radius 3 is 2.32 bits per heavy atom. The van der Waals surface area contributed by atoms with Gasteiger partial charge < -0.3 is 9.16 Å². The van der Waals surface area contributed by atoms with E-state index in [1.165, 1.54) is 6.07 Å². The van der Waals surface area contributed by atoms with Crippen LogP contribution in [0.2, 0.25) is 18.1 Å². The molecule has 1 aromatic carbocycles. The molecule has 25 heavy (non-hydrogen) atoms. The highest BCUT2D eigenvalue weighted by Gasteiger charge is 2.36. The van der Waals surface area contributed by atoms with Crippen molar-refractivity contribution in [3.8, 4) is 0 Å². The fourth-order valence-electron chi connectivity index (χ4n) is 2.17. The van der Waals surface area contributed by atoms with Gasteiger partial charge in [-0.15, -0.1) is 0 Å². The molecule has 0 amide bonds. The van der Waals surface area contributed by atoms with Crippen LogP contribution in [0.4, 0.5) is 0 Å². The average molecular weight is 389 g/mol. The third-order valence-corrected chi connectivity index (χ3v) is 10.3. The first kappa shape index (κ1) is 22.3. The molecule has 0 aliphatic heterocycles. The smallest absolute Gasteiger partial charge is 0.294 e. The number of benzene rings is 1. The van der Waals surface area contributed by atoms with E-state index in [1.807, 2.05) is 6.92 Å². The third-order valence-electron chi connectivity index (χ3n) is 4.81. The lowest BCUT2D eigenvalue weighted by atomic mass is 10.1. The van der Waals surface area contributed by atoms with Gasteiger partial charge in [0.05, 0.1) is 11.0 Å². The first-order valence-corrected chi connectivity index (χ1v) is 12.9. The molecule has 0 heterocycles. The van der Waals surface area contributed by atoms with E-state index in [4.69, 9.17) is 9.16 Å². The zero-order valence-corrected chi connectivity index (χ0v) is 18.2. The summed E-state index contributed by atoms with van der Waals surface area (Å²) in [6.07, 6.45) is 0.314. The molecule has 0 aromatic heterocycles. The molecule has 144 valence electrons. The molecular weight excluding hydrogens is 356 g/mol. The van der Waals surface area contributed by atoms with Gasteiger partial charge >= 0.3 is 0 Å². The van der Waals surface area contributed by atoms with Crippen LogP contribution in [0.15, 0.2) is 23.1 Å². The van der Waals surface area contributed by atoms with Crippen LogP contribution in [0.1, 0.15) is 51.3 Å². The van der Waals surface area contributed by atoms with E-state index in [-0.39, 0.29) is 9.93 Å². The van der Waals surface area contributed by atoms with Crippen LogP contribution < -0.4 is 0 Å². The molecular formula is C18H32O5SSi. The number of hydrogen-bond donors (Lipinski definition) is 1. The molecule has 1 aromatic rings. The molecule has 0 spiro atoms. The summed E-state index contributed by atoms with van der Waals surface area (Å²) in [6, 6.07) is 4.81. The molecule has 1 unspecified atom stereocenters. The molecule has 5 nitrogen and oxygen atoms in total. The van der Waals surface area contributed by atoms with Gasteiger partial charge in [-0.1, -0.05) is 38.5 Å². The van der Waals surface area contributed by atoms with Crippen molar-refractivity contribution in [3.63, 3.8) is 0 Å². The maximum atomic E-state index is 11.5. The van der Waals surface area contributed by atoms with Gasteiger partial charge in [-0.25, -0.2) is 0 Å². The first-order valence-electron chi connectivity index (χ1n) is 8.59. The molecule has 1 N–H and O–H groups in total. The van der Waals surface area contributed by atoms with Crippen molar-refractivity contribution in [1.82, 2.24) is 0 Å². The van der Waals surface area contributed by atoms with Crippen LogP contribution in [0.25, 0.3) is 0 Å². The summed E-state index contributed by atoms with van der Waals surface area (Å²) in [7, 11) is -6.02. The van der Waals surface area contributed by atoms with Crippen molar-refractivity contribution in [2.45, 2.75) is 70.2 Å². The number of rotatable bonds is 8. The summed E-state index contributed by atoms with van der Waals surface area (Å²) in [6.45, 7) is 15.8. The predicted octanol–water partition coefficient (Wildman–Crippen LogP) is 4.73. The molecule has 0 saturated heterocycles. The Bertz CT molecular complexity index is 677. The summed E-state index contributed by atoms with van der Waals surface area (Å²) in [5, 5.41) is 0.174. The van der Waals surface area contributed by atoms with Gasteiger partial charge in [-0.3, -0.25) is 4.55 Å². The Hall–Kier alpha value is -0.733. The van der Waals surface area contributed by atoms with Crippen LogP contribution in [0.5, 0.6) is 0 Å². The quantitative estimate of drug-likeness (QED) is 0.396. The fourth-order valence-corrected chi connectivity index (χ4v) is 4.02. The summed E-state index contributed by atoms with van der Waals surface area (Å²) < 4.78 is 44.3. The molecule has 0 fully saturated rings. The SMILES string of the molecule is Cc1ccc(S(=O)(=O)O)c(C(C)OCCCO[Si](C)(C)C(C)(C)C)c1. The standard InChI is InChI=1S/C18H32O5SSi/c1-14-9-10-17(24(19,20)21)16(13-14)15(2)22-11-8-12-23-25(6,7)18(3,4)5/h9-10,13,15H,8,11-12H2,1-7H3,(H,19,20,21). The predicted molar refractivity (Wildman–Crippen MR) is 103 cm³/mol. The van der Waals surface area contributed by atoms with Gasteiger partial charge in [-0.05, 0) is 44.5 Å². The van der Waals surface area contributed by atoms with Crippen molar-refractivity contribution in [2.75, 3.05) is 13.2 Å². The summed E-state index contributed by atoms with van der Waals surface area (Å²) >= 11 is 0. The van der Waals surface area contributed by atoms with Gasteiger partial charge in [0.25, 0.3) is 10.1 Å². The molecule has 1 rings (SSSR count). The van der Waals surface area contributed by atoms with Crippen LogP contribution >= 0.6 is 0 Å². The molecule has 1 atom stereocenters. The van der Waals surface area contributed by atoms with E-state index >= 15 is 0 Å². The molecule has 0 saturated carbocycles. The first-order chi connectivity index (χ1) is 11.3. The van der Waals surface area contributed by atoms with Gasteiger partial charge in [0.15, 0.2) is 8.32 Å². The summed E-state index contributed by atoms with van der Waals surface area (Å²) in [5.74, 6) is 0. The highest BCUT2D eigenvalue weighted by molar-refractivity contribution is 7.85. The Balaban J connectivity index is 2.62. The van der Waals surface area contributed by atoms with Crippen LogP contribution in [0, 0.1) is 6.92 Å². The summed E-state index contributed by atoms with van der Waals surface area (Å²) in [5.41, 5.74) is 1.40. The van der Waals surface area contributed by atoms with Crippen molar-refractivity contribution in [1.29, 1.82) is 0 Å². The number of aryl methyl sites for hydroxylation is 1. The van der Waals surface area contributed by atoms with E-state index in [0.29, 0.717) is 18.8 Å².